The molecular weight excluding hydrogens is 356 g/mol. The Bertz CT molecular complexity index is 643. The van der Waals surface area contributed by atoms with Crippen LogP contribution in [0.15, 0.2) is 40.2 Å². The number of aliphatic imine (C=N–C) groups is 1. The molecule has 1 amide bonds. The van der Waals surface area contributed by atoms with Gasteiger partial charge in [0.25, 0.3) is 0 Å². The van der Waals surface area contributed by atoms with Crippen LogP contribution in [0.4, 0.5) is 0 Å². The number of nitrogens with one attached hydrogen (secondary N) is 1. The summed E-state index contributed by atoms with van der Waals surface area (Å²) < 4.78 is 0.236. The quantitative estimate of drug-likeness (QED) is 0.580. The molecule has 1 saturated heterocycles. The molecule has 1 unspecified atom stereocenters. The summed E-state index contributed by atoms with van der Waals surface area (Å²) in [4.78, 5) is 19.5. The Labute approximate surface area is 167 Å². The summed E-state index contributed by atoms with van der Waals surface area (Å²) in [6, 6.07) is 10.7. The number of benzene rings is 1. The van der Waals surface area contributed by atoms with E-state index in [1.807, 2.05) is 18.8 Å². The molecule has 1 aromatic rings. The van der Waals surface area contributed by atoms with E-state index in [4.69, 9.17) is 5.73 Å². The van der Waals surface area contributed by atoms with Crippen molar-refractivity contribution in [2.24, 2.45) is 16.6 Å². The molecule has 1 aromatic carbocycles. The highest BCUT2D eigenvalue weighted by Gasteiger charge is 2.35. The number of guanidine groups is 1. The van der Waals surface area contributed by atoms with Gasteiger partial charge in [0.1, 0.15) is 0 Å². The topological polar surface area (TPSA) is 70.7 Å². The summed E-state index contributed by atoms with van der Waals surface area (Å²) >= 11 is 2.01. The number of thioether (sulfide) groups is 1. The molecular formula is C21H32N4OS. The lowest BCUT2D eigenvalue weighted by atomic mass is 9.95. The zero-order valence-corrected chi connectivity index (χ0v) is 17.1. The van der Waals surface area contributed by atoms with Crippen molar-refractivity contribution in [3.05, 3.63) is 30.3 Å². The van der Waals surface area contributed by atoms with Crippen molar-refractivity contribution in [3.63, 3.8) is 0 Å². The monoisotopic (exact) mass is 388 g/mol. The van der Waals surface area contributed by atoms with E-state index in [2.05, 4.69) is 45.5 Å². The molecule has 2 aliphatic rings. The minimum atomic E-state index is -0.200. The van der Waals surface area contributed by atoms with Crippen LogP contribution in [0.3, 0.4) is 0 Å². The highest BCUT2D eigenvalue weighted by atomic mass is 32.2. The Morgan fingerprint density at radius 3 is 2.70 bits per heavy atom. The Balaban J connectivity index is 1.61. The highest BCUT2D eigenvalue weighted by Crippen LogP contribution is 2.44. The number of amides is 1. The van der Waals surface area contributed by atoms with E-state index in [1.165, 1.54) is 30.6 Å². The van der Waals surface area contributed by atoms with Gasteiger partial charge in [-0.15, -0.1) is 11.8 Å². The summed E-state index contributed by atoms with van der Waals surface area (Å²) in [5.74, 6) is 1.10. The lowest BCUT2D eigenvalue weighted by Crippen LogP contribution is -2.50. The highest BCUT2D eigenvalue weighted by molar-refractivity contribution is 8.00. The number of hydrogen-bond acceptors (Lipinski definition) is 3. The molecule has 3 N–H and O–H groups in total. The lowest BCUT2D eigenvalue weighted by Gasteiger charge is -2.36. The fourth-order valence-corrected chi connectivity index (χ4v) is 5.78. The molecule has 1 atom stereocenters. The minimum Gasteiger partial charge on any atom is -0.370 e. The fourth-order valence-electron chi connectivity index (χ4n) is 4.35. The number of nitrogens with two attached hydrogens (primary N) is 1. The average Bonchev–Trinajstić information content (AvgIpc) is 3.11. The van der Waals surface area contributed by atoms with Gasteiger partial charge in [-0.2, -0.15) is 0 Å². The van der Waals surface area contributed by atoms with Crippen molar-refractivity contribution in [1.82, 2.24) is 10.2 Å². The molecule has 0 radical (unpaired) electrons. The van der Waals surface area contributed by atoms with Crippen molar-refractivity contribution in [3.8, 4) is 0 Å². The Morgan fingerprint density at radius 1 is 1.30 bits per heavy atom. The van der Waals surface area contributed by atoms with E-state index in [-0.39, 0.29) is 10.7 Å². The maximum Gasteiger partial charge on any atom is 0.217 e. The van der Waals surface area contributed by atoms with E-state index in [1.54, 1.807) is 0 Å². The van der Waals surface area contributed by atoms with Crippen LogP contribution >= 0.6 is 11.8 Å². The van der Waals surface area contributed by atoms with Gasteiger partial charge in [0.05, 0.1) is 0 Å². The third kappa shape index (κ3) is 5.64. The molecule has 0 spiro atoms. The molecule has 148 valence electrons. The molecule has 27 heavy (non-hydrogen) atoms. The van der Waals surface area contributed by atoms with Crippen LogP contribution in [0.5, 0.6) is 0 Å². The summed E-state index contributed by atoms with van der Waals surface area (Å²) in [6.07, 6.45) is 7.70. The molecule has 1 aliphatic carbocycles. The Hall–Kier alpha value is -1.69. The van der Waals surface area contributed by atoms with Gasteiger partial charge in [0, 0.05) is 42.7 Å². The Kier molecular flexibility index (Phi) is 7.05. The van der Waals surface area contributed by atoms with Gasteiger partial charge in [-0.05, 0) is 43.7 Å². The summed E-state index contributed by atoms with van der Waals surface area (Å²) in [7, 11) is 1.85. The van der Waals surface area contributed by atoms with Crippen molar-refractivity contribution in [2.75, 3.05) is 26.7 Å². The summed E-state index contributed by atoms with van der Waals surface area (Å²) in [5, 5.41) is 3.65. The molecule has 1 aliphatic heterocycles. The summed E-state index contributed by atoms with van der Waals surface area (Å²) in [5.41, 5.74) is 5.40. The van der Waals surface area contributed by atoms with Crippen molar-refractivity contribution < 1.29 is 4.79 Å². The number of primary amides is 1. The number of carbonyl (C=O) groups excluding carboxylic acids is 1. The number of piperidine rings is 1. The SMILES string of the molecule is CN=C(NCC1(Sc2ccccc2)CCCC1)N1CCCC(CC(N)=O)C1. The van der Waals surface area contributed by atoms with Gasteiger partial charge < -0.3 is 16.0 Å². The molecule has 6 heteroatoms. The summed E-state index contributed by atoms with van der Waals surface area (Å²) in [6.45, 7) is 2.78. The normalized spacial score (nSPS) is 22.6. The second kappa shape index (κ2) is 9.49. The first kappa shape index (κ1) is 20.1. The standard InChI is InChI=1S/C21H32N4OS/c1-23-20(25-13-7-8-17(15-25)14-19(22)26)24-16-21(11-5-6-12-21)27-18-9-3-2-4-10-18/h2-4,9-10,17H,5-8,11-16H2,1H3,(H2,22,26)(H,23,24). The molecule has 5 nitrogen and oxygen atoms in total. The van der Waals surface area contributed by atoms with Crippen LogP contribution < -0.4 is 11.1 Å². The van der Waals surface area contributed by atoms with Crippen LogP contribution in [0.25, 0.3) is 0 Å². The van der Waals surface area contributed by atoms with Gasteiger partial charge in [-0.3, -0.25) is 9.79 Å². The fraction of sp³-hybridized carbons (Fsp3) is 0.619. The van der Waals surface area contributed by atoms with E-state index in [0.29, 0.717) is 12.3 Å². The van der Waals surface area contributed by atoms with Crippen LogP contribution in [-0.2, 0) is 4.79 Å². The number of carbonyl (C=O) groups is 1. The zero-order chi connectivity index (χ0) is 19.1. The Morgan fingerprint density at radius 2 is 2.04 bits per heavy atom. The van der Waals surface area contributed by atoms with Crippen LogP contribution in [-0.4, -0.2) is 48.2 Å². The first-order chi connectivity index (χ1) is 13.1. The number of likely N-dealkylation sites (tertiary alicyclic amines) is 1. The van der Waals surface area contributed by atoms with Gasteiger partial charge in [-0.25, -0.2) is 0 Å². The van der Waals surface area contributed by atoms with Crippen LogP contribution in [0.2, 0.25) is 0 Å². The van der Waals surface area contributed by atoms with E-state index in [9.17, 15) is 4.79 Å². The second-order valence-electron chi connectivity index (χ2n) is 7.83. The minimum absolute atomic E-state index is 0.200. The number of hydrogen-bond donors (Lipinski definition) is 2. The molecule has 1 heterocycles. The maximum absolute atomic E-state index is 11.3. The third-order valence-corrected chi connectivity index (χ3v) is 7.17. The smallest absolute Gasteiger partial charge is 0.217 e. The molecule has 2 fully saturated rings. The van der Waals surface area contributed by atoms with Gasteiger partial charge >= 0.3 is 0 Å². The third-order valence-electron chi connectivity index (χ3n) is 5.68. The van der Waals surface area contributed by atoms with Gasteiger partial charge in [0.2, 0.25) is 5.91 Å². The molecule has 0 aromatic heterocycles. The number of nitrogens with zero attached hydrogens (tertiary/aromatic N) is 2. The van der Waals surface area contributed by atoms with E-state index in [0.717, 1.165) is 38.4 Å². The maximum atomic E-state index is 11.3. The first-order valence-corrected chi connectivity index (χ1v) is 10.9. The van der Waals surface area contributed by atoms with E-state index < -0.39 is 0 Å². The molecule has 1 saturated carbocycles. The van der Waals surface area contributed by atoms with Gasteiger partial charge in [-0.1, -0.05) is 31.0 Å². The van der Waals surface area contributed by atoms with Crippen molar-refractivity contribution in [1.29, 1.82) is 0 Å². The van der Waals surface area contributed by atoms with Crippen LogP contribution in [0.1, 0.15) is 44.9 Å². The van der Waals surface area contributed by atoms with Crippen LogP contribution in [0, 0.1) is 5.92 Å². The lowest BCUT2D eigenvalue weighted by molar-refractivity contribution is -0.119. The molecule has 0 bridgehead atoms. The van der Waals surface area contributed by atoms with Crippen molar-refractivity contribution in [2.45, 2.75) is 54.6 Å². The predicted octanol–water partition coefficient (Wildman–Crippen LogP) is 3.25. The van der Waals surface area contributed by atoms with E-state index >= 15 is 0 Å². The second-order valence-corrected chi connectivity index (χ2v) is 9.37. The largest absolute Gasteiger partial charge is 0.370 e. The molecule has 3 rings (SSSR count). The zero-order valence-electron chi connectivity index (χ0n) is 16.3. The van der Waals surface area contributed by atoms with Gasteiger partial charge in [0.15, 0.2) is 5.96 Å². The first-order valence-electron chi connectivity index (χ1n) is 10.1. The average molecular weight is 389 g/mol. The number of rotatable bonds is 6. The van der Waals surface area contributed by atoms with Crippen molar-refractivity contribution >= 4 is 23.6 Å². The predicted molar refractivity (Wildman–Crippen MR) is 113 cm³/mol.